The molecule has 1 fully saturated rings. The minimum absolute atomic E-state index is 0.0841. The van der Waals surface area contributed by atoms with Gasteiger partial charge in [-0.3, -0.25) is 9.69 Å². The van der Waals surface area contributed by atoms with Crippen molar-refractivity contribution in [2.75, 3.05) is 19.8 Å². The molecule has 1 amide bonds. The summed E-state index contributed by atoms with van der Waals surface area (Å²) >= 11 is 1.52. The van der Waals surface area contributed by atoms with Gasteiger partial charge in [-0.15, -0.1) is 11.8 Å². The van der Waals surface area contributed by atoms with Gasteiger partial charge in [-0.2, -0.15) is 0 Å². The number of nitrogens with two attached hydrogens (primary N) is 1. The van der Waals surface area contributed by atoms with Crippen molar-refractivity contribution in [2.24, 2.45) is 11.1 Å². The van der Waals surface area contributed by atoms with Crippen molar-refractivity contribution in [3.8, 4) is 0 Å². The molecule has 1 rings (SSSR count). The van der Waals surface area contributed by atoms with Gasteiger partial charge in [-0.05, 0) is 31.6 Å². The van der Waals surface area contributed by atoms with Gasteiger partial charge in [-0.1, -0.05) is 13.8 Å². The van der Waals surface area contributed by atoms with Gasteiger partial charge in [0.2, 0.25) is 5.91 Å². The van der Waals surface area contributed by atoms with Crippen molar-refractivity contribution in [1.82, 2.24) is 10.2 Å². The number of rotatable bonds is 3. The van der Waals surface area contributed by atoms with Gasteiger partial charge in [0.15, 0.2) is 0 Å². The second-order valence-electron chi connectivity index (χ2n) is 5.23. The number of thioether (sulfide) groups is 1. The van der Waals surface area contributed by atoms with Gasteiger partial charge in [0.25, 0.3) is 0 Å². The molecule has 17 heavy (non-hydrogen) atoms. The molecular weight excluding hydrogens is 234 g/mol. The average Bonchev–Trinajstić information content (AvgIpc) is 2.36. The number of amides is 1. The minimum atomic E-state index is -0.138. The summed E-state index contributed by atoms with van der Waals surface area (Å²) in [5, 5.41) is 4.92. The van der Waals surface area contributed by atoms with Crippen LogP contribution < -0.4 is 11.1 Å². The lowest BCUT2D eigenvalue weighted by atomic mass is 9.83. The average molecular weight is 257 g/mol. The van der Waals surface area contributed by atoms with Gasteiger partial charge in [0, 0.05) is 12.0 Å². The lowest BCUT2D eigenvalue weighted by Gasteiger charge is -2.24. The summed E-state index contributed by atoms with van der Waals surface area (Å²) in [6, 6.07) is -0.138. The number of likely N-dealkylation sites (N-methyl/N-ethyl adjacent to an activating group) is 1. The third-order valence-corrected chi connectivity index (χ3v) is 3.71. The van der Waals surface area contributed by atoms with E-state index in [0.29, 0.717) is 12.4 Å². The van der Waals surface area contributed by atoms with Crippen LogP contribution in [0.25, 0.3) is 0 Å². The van der Waals surface area contributed by atoms with Crippen LogP contribution in [0.1, 0.15) is 26.7 Å². The summed E-state index contributed by atoms with van der Waals surface area (Å²) in [5.74, 6) is 0.640. The molecule has 1 unspecified atom stereocenters. The Kier molecular flexibility index (Phi) is 4.89. The second kappa shape index (κ2) is 5.78. The molecule has 0 aromatic heterocycles. The Bertz CT molecular complexity index is 315. The largest absolute Gasteiger partial charge is 0.385 e. The monoisotopic (exact) mass is 257 g/mol. The SMILES string of the molecule is CNC1CC(C)(C)CCN(/C(N)=C/SC)C1=O. The minimum Gasteiger partial charge on any atom is -0.385 e. The molecule has 0 radical (unpaired) electrons. The van der Waals surface area contributed by atoms with E-state index in [2.05, 4.69) is 19.2 Å². The Morgan fingerprint density at radius 2 is 2.29 bits per heavy atom. The van der Waals surface area contributed by atoms with E-state index in [1.54, 1.807) is 4.90 Å². The van der Waals surface area contributed by atoms with Crippen molar-refractivity contribution in [2.45, 2.75) is 32.7 Å². The van der Waals surface area contributed by atoms with Gasteiger partial charge in [-0.25, -0.2) is 0 Å². The number of carbonyl (C=O) groups excluding carboxylic acids is 1. The Labute approximate surface area is 108 Å². The third kappa shape index (κ3) is 3.64. The van der Waals surface area contributed by atoms with Crippen LogP contribution >= 0.6 is 11.8 Å². The van der Waals surface area contributed by atoms with Crippen molar-refractivity contribution >= 4 is 17.7 Å². The highest BCUT2D eigenvalue weighted by atomic mass is 32.2. The van der Waals surface area contributed by atoms with Crippen LogP contribution in [-0.2, 0) is 4.79 Å². The van der Waals surface area contributed by atoms with Crippen LogP contribution in [0.2, 0.25) is 0 Å². The van der Waals surface area contributed by atoms with E-state index in [9.17, 15) is 4.79 Å². The van der Waals surface area contributed by atoms with Crippen molar-refractivity contribution in [1.29, 1.82) is 0 Å². The van der Waals surface area contributed by atoms with Crippen LogP contribution in [0.3, 0.4) is 0 Å². The number of nitrogens with zero attached hydrogens (tertiary/aromatic N) is 1. The molecule has 4 nitrogen and oxygen atoms in total. The second-order valence-corrected chi connectivity index (χ2v) is 5.94. The van der Waals surface area contributed by atoms with Crippen molar-refractivity contribution in [3.05, 3.63) is 11.2 Å². The maximum absolute atomic E-state index is 12.3. The predicted molar refractivity (Wildman–Crippen MR) is 73.4 cm³/mol. The summed E-state index contributed by atoms with van der Waals surface area (Å²) in [6.07, 6.45) is 3.76. The lowest BCUT2D eigenvalue weighted by molar-refractivity contribution is -0.131. The van der Waals surface area contributed by atoms with Crippen LogP contribution in [0, 0.1) is 5.41 Å². The molecule has 1 atom stereocenters. The highest BCUT2D eigenvalue weighted by Gasteiger charge is 2.35. The number of hydrogen-bond donors (Lipinski definition) is 2. The van der Waals surface area contributed by atoms with E-state index in [1.807, 2.05) is 18.7 Å². The normalized spacial score (nSPS) is 25.9. The third-order valence-electron chi connectivity index (χ3n) is 3.23. The lowest BCUT2D eigenvalue weighted by Crippen LogP contribution is -2.45. The molecule has 1 aliphatic rings. The zero-order valence-corrected chi connectivity index (χ0v) is 11.9. The summed E-state index contributed by atoms with van der Waals surface area (Å²) < 4.78 is 0. The van der Waals surface area contributed by atoms with Crippen molar-refractivity contribution in [3.63, 3.8) is 0 Å². The first-order chi connectivity index (χ1) is 7.91. The summed E-state index contributed by atoms with van der Waals surface area (Å²) in [6.45, 7) is 5.10. The van der Waals surface area contributed by atoms with Crippen LogP contribution in [-0.4, -0.2) is 36.7 Å². The van der Waals surface area contributed by atoms with E-state index < -0.39 is 0 Å². The summed E-state index contributed by atoms with van der Waals surface area (Å²) in [4.78, 5) is 14.0. The fraction of sp³-hybridized carbons (Fsp3) is 0.750. The van der Waals surface area contributed by atoms with Gasteiger partial charge in [0.1, 0.15) is 5.82 Å². The number of carbonyl (C=O) groups is 1. The van der Waals surface area contributed by atoms with E-state index in [0.717, 1.165) is 12.8 Å². The Morgan fingerprint density at radius 1 is 1.65 bits per heavy atom. The first-order valence-corrected chi connectivity index (χ1v) is 7.17. The fourth-order valence-electron chi connectivity index (χ4n) is 2.12. The molecule has 1 heterocycles. The molecule has 3 N–H and O–H groups in total. The Hall–Kier alpha value is -0.680. The van der Waals surface area contributed by atoms with Crippen LogP contribution in [0.15, 0.2) is 11.2 Å². The molecule has 98 valence electrons. The predicted octanol–water partition coefficient (Wildman–Crippen LogP) is 1.34. The zero-order chi connectivity index (χ0) is 13.1. The topological polar surface area (TPSA) is 58.4 Å². The van der Waals surface area contributed by atoms with E-state index in [1.165, 1.54) is 11.8 Å². The molecule has 0 bridgehead atoms. The van der Waals surface area contributed by atoms with E-state index in [-0.39, 0.29) is 17.4 Å². The highest BCUT2D eigenvalue weighted by molar-refractivity contribution is 8.01. The van der Waals surface area contributed by atoms with Crippen LogP contribution in [0.4, 0.5) is 0 Å². The van der Waals surface area contributed by atoms with Gasteiger partial charge < -0.3 is 11.1 Å². The number of likely N-dealkylation sites (tertiary alicyclic amines) is 1. The molecule has 0 aliphatic carbocycles. The van der Waals surface area contributed by atoms with E-state index >= 15 is 0 Å². The molecule has 5 heteroatoms. The molecule has 0 aromatic carbocycles. The molecule has 0 saturated carbocycles. The number of hydrogen-bond acceptors (Lipinski definition) is 4. The molecular formula is C12H23N3OS. The molecule has 0 aromatic rings. The molecule has 0 spiro atoms. The maximum atomic E-state index is 12.3. The fourth-order valence-corrected chi connectivity index (χ4v) is 2.49. The van der Waals surface area contributed by atoms with Gasteiger partial charge >= 0.3 is 0 Å². The smallest absolute Gasteiger partial charge is 0.245 e. The first kappa shape index (κ1) is 14.4. The molecule has 1 aliphatic heterocycles. The molecule has 1 saturated heterocycles. The highest BCUT2D eigenvalue weighted by Crippen LogP contribution is 2.31. The maximum Gasteiger partial charge on any atom is 0.245 e. The Balaban J connectivity index is 2.93. The quantitative estimate of drug-likeness (QED) is 0.801. The standard InChI is InChI=1S/C12H23N3OS/c1-12(2)5-6-15(10(13)8-17-4)11(16)9(7-12)14-3/h8-9,14H,5-7,13H2,1-4H3/b10-8+. The summed E-state index contributed by atoms with van der Waals surface area (Å²) in [7, 11) is 1.83. The van der Waals surface area contributed by atoms with Gasteiger partial charge in [0.05, 0.1) is 6.04 Å². The van der Waals surface area contributed by atoms with E-state index in [4.69, 9.17) is 5.73 Å². The van der Waals surface area contributed by atoms with Crippen molar-refractivity contribution < 1.29 is 4.79 Å². The van der Waals surface area contributed by atoms with Crippen LogP contribution in [0.5, 0.6) is 0 Å². The Morgan fingerprint density at radius 3 is 2.82 bits per heavy atom. The zero-order valence-electron chi connectivity index (χ0n) is 11.1. The number of nitrogens with one attached hydrogen (secondary N) is 1. The first-order valence-electron chi connectivity index (χ1n) is 5.88. The summed E-state index contributed by atoms with van der Waals surface area (Å²) in [5.41, 5.74) is 6.11.